The molecule has 0 bridgehead atoms. The average molecular weight is 502 g/mol. The second-order valence-corrected chi connectivity index (χ2v) is 8.99. The van der Waals surface area contributed by atoms with Gasteiger partial charge in [0.05, 0.1) is 10.7 Å². The van der Waals surface area contributed by atoms with E-state index in [9.17, 15) is 4.79 Å². The van der Waals surface area contributed by atoms with E-state index in [-0.39, 0.29) is 11.7 Å². The number of alkyl halides is 3. The number of rotatable bonds is 6. The van der Waals surface area contributed by atoms with Crippen LogP contribution in [0.2, 0.25) is 10.0 Å². The molecular formula is C17H14Cl5N3O2S. The van der Waals surface area contributed by atoms with Gasteiger partial charge in [-0.3, -0.25) is 4.79 Å². The van der Waals surface area contributed by atoms with Crippen molar-refractivity contribution < 1.29 is 9.53 Å². The molecule has 0 heterocycles. The minimum Gasteiger partial charge on any atom is -0.484 e. The van der Waals surface area contributed by atoms with E-state index in [4.69, 9.17) is 75.0 Å². The predicted octanol–water partition coefficient (Wildman–Crippen LogP) is 5.17. The van der Waals surface area contributed by atoms with Crippen LogP contribution in [0.15, 0.2) is 48.5 Å². The van der Waals surface area contributed by atoms with Crippen molar-refractivity contribution in [3.05, 3.63) is 58.6 Å². The first-order valence-electron chi connectivity index (χ1n) is 7.71. The van der Waals surface area contributed by atoms with Gasteiger partial charge in [0, 0.05) is 5.02 Å². The van der Waals surface area contributed by atoms with Gasteiger partial charge >= 0.3 is 0 Å². The summed E-state index contributed by atoms with van der Waals surface area (Å²) < 4.78 is 3.47. The van der Waals surface area contributed by atoms with Crippen LogP contribution in [0, 0.1) is 0 Å². The first kappa shape index (κ1) is 23.1. The second-order valence-electron chi connectivity index (χ2n) is 5.37. The van der Waals surface area contributed by atoms with Crippen molar-refractivity contribution in [1.29, 1.82) is 0 Å². The molecule has 150 valence electrons. The molecule has 2 aromatic carbocycles. The van der Waals surface area contributed by atoms with Gasteiger partial charge in [-0.25, -0.2) is 0 Å². The van der Waals surface area contributed by atoms with Crippen molar-refractivity contribution in [2.45, 2.75) is 9.96 Å². The van der Waals surface area contributed by atoms with Crippen molar-refractivity contribution in [2.75, 3.05) is 11.9 Å². The molecule has 2 aromatic rings. The Hall–Kier alpha value is -1.15. The van der Waals surface area contributed by atoms with Crippen molar-refractivity contribution >= 4 is 86.9 Å². The van der Waals surface area contributed by atoms with E-state index in [2.05, 4.69) is 16.0 Å². The van der Waals surface area contributed by atoms with E-state index < -0.39 is 15.9 Å². The lowest BCUT2D eigenvalue weighted by Crippen LogP contribution is -2.57. The Balaban J connectivity index is 1.95. The minimum atomic E-state index is -1.89. The number of amides is 1. The van der Waals surface area contributed by atoms with Crippen LogP contribution in [0.5, 0.6) is 5.75 Å². The number of hydrogen-bond donors (Lipinski definition) is 3. The van der Waals surface area contributed by atoms with Gasteiger partial charge in [-0.05, 0) is 42.5 Å². The molecule has 0 aliphatic rings. The maximum absolute atomic E-state index is 12.2. The fourth-order valence-corrected chi connectivity index (χ4v) is 2.96. The largest absolute Gasteiger partial charge is 0.484 e. The van der Waals surface area contributed by atoms with Gasteiger partial charge < -0.3 is 20.7 Å². The summed E-state index contributed by atoms with van der Waals surface area (Å²) in [6.07, 6.45) is -1.13. The molecular weight excluding hydrogens is 488 g/mol. The third kappa shape index (κ3) is 7.70. The van der Waals surface area contributed by atoms with E-state index >= 15 is 0 Å². The molecule has 0 fully saturated rings. The number of ether oxygens (including phenoxy) is 1. The summed E-state index contributed by atoms with van der Waals surface area (Å²) in [6.45, 7) is -0.272. The van der Waals surface area contributed by atoms with Crippen molar-refractivity contribution in [3.8, 4) is 5.75 Å². The van der Waals surface area contributed by atoms with Crippen LogP contribution in [0.25, 0.3) is 0 Å². The van der Waals surface area contributed by atoms with Crippen LogP contribution < -0.4 is 20.7 Å². The van der Waals surface area contributed by atoms with Crippen molar-refractivity contribution in [2.24, 2.45) is 0 Å². The highest BCUT2D eigenvalue weighted by Gasteiger charge is 2.34. The van der Waals surface area contributed by atoms with E-state index in [1.165, 1.54) is 0 Å². The standard InChI is InChI=1S/C17H14Cl5N3O2S/c18-10-6-7-13(12(19)8-10)23-16(28)25-15(17(20,21)22)24-14(26)9-27-11-4-2-1-3-5-11/h1-8,15H,9H2,(H,24,26)(H2,23,25,28)/t15-/m0/s1. The number of benzene rings is 2. The Labute approximate surface area is 192 Å². The number of carbonyl (C=O) groups is 1. The lowest BCUT2D eigenvalue weighted by atomic mass is 10.3. The Morgan fingerprint density at radius 2 is 1.75 bits per heavy atom. The van der Waals surface area contributed by atoms with Crippen LogP contribution >= 0.6 is 70.2 Å². The molecule has 0 aliphatic carbocycles. The molecule has 0 saturated heterocycles. The second kappa shape index (κ2) is 10.6. The number of nitrogens with one attached hydrogen (secondary N) is 3. The van der Waals surface area contributed by atoms with Gasteiger partial charge in [-0.2, -0.15) is 0 Å². The van der Waals surface area contributed by atoms with Gasteiger partial charge in [-0.15, -0.1) is 0 Å². The zero-order chi connectivity index (χ0) is 20.7. The fraction of sp³-hybridized carbons (Fsp3) is 0.176. The summed E-state index contributed by atoms with van der Waals surface area (Å²) in [4.78, 5) is 12.2. The molecule has 11 heteroatoms. The van der Waals surface area contributed by atoms with E-state index in [0.717, 1.165) is 0 Å². The summed E-state index contributed by atoms with van der Waals surface area (Å²) in [5, 5.41) is 8.97. The lowest BCUT2D eigenvalue weighted by molar-refractivity contribution is -0.123. The van der Waals surface area contributed by atoms with Crippen LogP contribution in [-0.4, -0.2) is 27.6 Å². The van der Waals surface area contributed by atoms with Crippen LogP contribution in [-0.2, 0) is 4.79 Å². The van der Waals surface area contributed by atoms with Gasteiger partial charge in [0.15, 0.2) is 11.7 Å². The quantitative estimate of drug-likeness (QED) is 0.290. The topological polar surface area (TPSA) is 62.4 Å². The number of anilines is 1. The zero-order valence-corrected chi connectivity index (χ0v) is 18.6. The smallest absolute Gasteiger partial charge is 0.259 e. The monoisotopic (exact) mass is 499 g/mol. The summed E-state index contributed by atoms with van der Waals surface area (Å²) in [6, 6.07) is 13.6. The summed E-state index contributed by atoms with van der Waals surface area (Å²) in [7, 11) is 0. The molecule has 3 N–H and O–H groups in total. The molecule has 0 saturated carbocycles. The van der Waals surface area contributed by atoms with E-state index in [1.54, 1.807) is 42.5 Å². The Morgan fingerprint density at radius 3 is 2.36 bits per heavy atom. The average Bonchev–Trinajstić information content (AvgIpc) is 2.62. The number of hydrogen-bond acceptors (Lipinski definition) is 3. The normalized spacial score (nSPS) is 12.0. The Kier molecular flexibility index (Phi) is 8.74. The number of thiocarbonyl (C=S) groups is 1. The van der Waals surface area contributed by atoms with Crippen molar-refractivity contribution in [1.82, 2.24) is 10.6 Å². The molecule has 0 aliphatic heterocycles. The molecule has 0 unspecified atom stereocenters. The molecule has 1 amide bonds. The Morgan fingerprint density at radius 1 is 1.07 bits per heavy atom. The molecule has 0 spiro atoms. The third-order valence-corrected chi connectivity index (χ3v) is 4.62. The highest BCUT2D eigenvalue weighted by atomic mass is 35.6. The Bertz CT molecular complexity index is 833. The van der Waals surface area contributed by atoms with Crippen LogP contribution in [0.1, 0.15) is 0 Å². The molecule has 2 rings (SSSR count). The summed E-state index contributed by atoms with van der Waals surface area (Å²) in [5.74, 6) is 0.0191. The maximum Gasteiger partial charge on any atom is 0.259 e. The fourth-order valence-electron chi connectivity index (χ4n) is 1.95. The predicted molar refractivity (Wildman–Crippen MR) is 120 cm³/mol. The number of para-hydroxylation sites is 1. The minimum absolute atomic E-state index is 0.0739. The van der Waals surface area contributed by atoms with E-state index in [0.29, 0.717) is 21.5 Å². The summed E-state index contributed by atoms with van der Waals surface area (Å²) in [5.41, 5.74) is 0.491. The highest BCUT2D eigenvalue weighted by molar-refractivity contribution is 7.80. The first-order valence-corrected chi connectivity index (χ1v) is 10.0. The van der Waals surface area contributed by atoms with Gasteiger partial charge in [-0.1, -0.05) is 76.2 Å². The third-order valence-electron chi connectivity index (χ3n) is 3.20. The van der Waals surface area contributed by atoms with Gasteiger partial charge in [0.1, 0.15) is 11.9 Å². The molecule has 0 aromatic heterocycles. The van der Waals surface area contributed by atoms with Gasteiger partial charge in [0.2, 0.25) is 3.79 Å². The number of halogens is 5. The first-order chi connectivity index (χ1) is 13.1. The highest BCUT2D eigenvalue weighted by Crippen LogP contribution is 2.29. The molecule has 1 atom stereocenters. The molecule has 5 nitrogen and oxygen atoms in total. The van der Waals surface area contributed by atoms with Crippen molar-refractivity contribution in [3.63, 3.8) is 0 Å². The lowest BCUT2D eigenvalue weighted by Gasteiger charge is -2.27. The number of carbonyl (C=O) groups excluding carboxylic acids is 1. The SMILES string of the molecule is O=C(COc1ccccc1)N[C@@H](NC(=S)Nc1ccc(Cl)cc1Cl)C(Cl)(Cl)Cl. The molecule has 0 radical (unpaired) electrons. The van der Waals surface area contributed by atoms with Crippen LogP contribution in [0.4, 0.5) is 5.69 Å². The van der Waals surface area contributed by atoms with Gasteiger partial charge in [0.25, 0.3) is 5.91 Å². The zero-order valence-electron chi connectivity index (χ0n) is 14.0. The van der Waals surface area contributed by atoms with E-state index in [1.807, 2.05) is 6.07 Å². The van der Waals surface area contributed by atoms with Crippen LogP contribution in [0.3, 0.4) is 0 Å². The molecule has 28 heavy (non-hydrogen) atoms. The maximum atomic E-state index is 12.2. The summed E-state index contributed by atoms with van der Waals surface area (Å²) >= 11 is 35.0.